The van der Waals surface area contributed by atoms with Crippen LogP contribution in [0.3, 0.4) is 0 Å². The molecule has 0 unspecified atom stereocenters. The van der Waals surface area contributed by atoms with Gasteiger partial charge in [-0.15, -0.1) is 0 Å². The maximum Gasteiger partial charge on any atom is 0.248 e. The van der Waals surface area contributed by atoms with Crippen LogP contribution in [-0.2, 0) is 4.79 Å². The monoisotopic (exact) mass is 379 g/mol. The summed E-state index contributed by atoms with van der Waals surface area (Å²) in [6, 6.07) is 11.6. The Labute approximate surface area is 167 Å². The molecule has 2 heterocycles. The van der Waals surface area contributed by atoms with Crippen LogP contribution in [0.2, 0.25) is 0 Å². The summed E-state index contributed by atoms with van der Waals surface area (Å²) in [5.41, 5.74) is 1.61. The highest BCUT2D eigenvalue weighted by molar-refractivity contribution is 6.01. The molecule has 1 aromatic carbocycles. The van der Waals surface area contributed by atoms with Crippen molar-refractivity contribution >= 4 is 23.5 Å². The largest absolute Gasteiger partial charge is 0.491 e. The van der Waals surface area contributed by atoms with E-state index in [1.54, 1.807) is 12.3 Å². The Kier molecular flexibility index (Phi) is 6.69. The number of rotatable bonds is 6. The summed E-state index contributed by atoms with van der Waals surface area (Å²) in [6.07, 6.45) is 7.54. The lowest BCUT2D eigenvalue weighted by Gasteiger charge is -2.31. The number of anilines is 2. The predicted molar refractivity (Wildman–Crippen MR) is 115 cm³/mol. The van der Waals surface area contributed by atoms with Gasteiger partial charge in [-0.05, 0) is 68.5 Å². The van der Waals surface area contributed by atoms with Crippen molar-refractivity contribution in [2.24, 2.45) is 5.92 Å². The second kappa shape index (κ2) is 9.40. The molecular formula is C23H29N3O2. The molecule has 148 valence electrons. The molecule has 1 aliphatic heterocycles. The van der Waals surface area contributed by atoms with Crippen molar-refractivity contribution < 1.29 is 9.53 Å². The van der Waals surface area contributed by atoms with Gasteiger partial charge in [-0.1, -0.05) is 19.1 Å². The fraction of sp³-hybridized carbons (Fsp3) is 0.391. The molecule has 1 amide bonds. The van der Waals surface area contributed by atoms with Crippen molar-refractivity contribution in [2.75, 3.05) is 23.3 Å². The first-order valence-electron chi connectivity index (χ1n) is 9.96. The molecule has 3 rings (SSSR count). The van der Waals surface area contributed by atoms with Crippen LogP contribution in [0, 0.1) is 5.92 Å². The molecule has 0 bridgehead atoms. The van der Waals surface area contributed by atoms with Gasteiger partial charge in [0.25, 0.3) is 0 Å². The molecule has 1 aliphatic rings. The van der Waals surface area contributed by atoms with E-state index in [9.17, 15) is 4.79 Å². The number of nitrogens with zero attached hydrogens (tertiary/aromatic N) is 2. The molecule has 0 saturated carbocycles. The van der Waals surface area contributed by atoms with Crippen LogP contribution in [0.1, 0.15) is 39.2 Å². The van der Waals surface area contributed by atoms with Crippen LogP contribution < -0.4 is 15.0 Å². The van der Waals surface area contributed by atoms with Crippen LogP contribution >= 0.6 is 0 Å². The van der Waals surface area contributed by atoms with Gasteiger partial charge in [0.1, 0.15) is 11.6 Å². The summed E-state index contributed by atoms with van der Waals surface area (Å²) in [4.78, 5) is 19.0. The average molecular weight is 380 g/mol. The van der Waals surface area contributed by atoms with E-state index < -0.39 is 0 Å². The molecule has 0 radical (unpaired) electrons. The molecule has 1 aromatic heterocycles. The van der Waals surface area contributed by atoms with Crippen LogP contribution in [0.5, 0.6) is 5.75 Å². The Morgan fingerprint density at radius 3 is 2.71 bits per heavy atom. The third kappa shape index (κ3) is 5.84. The number of hydrogen-bond acceptors (Lipinski definition) is 4. The first-order chi connectivity index (χ1) is 13.5. The Morgan fingerprint density at radius 1 is 1.25 bits per heavy atom. The molecule has 1 saturated heterocycles. The fourth-order valence-electron chi connectivity index (χ4n) is 3.20. The molecule has 28 heavy (non-hydrogen) atoms. The van der Waals surface area contributed by atoms with E-state index in [4.69, 9.17) is 4.74 Å². The van der Waals surface area contributed by atoms with Gasteiger partial charge in [-0.2, -0.15) is 0 Å². The van der Waals surface area contributed by atoms with Crippen LogP contribution in [0.15, 0.2) is 48.7 Å². The summed E-state index contributed by atoms with van der Waals surface area (Å²) in [5, 5.41) is 2.86. The first kappa shape index (κ1) is 19.9. The number of aromatic nitrogens is 1. The van der Waals surface area contributed by atoms with Crippen molar-refractivity contribution in [1.82, 2.24) is 4.98 Å². The van der Waals surface area contributed by atoms with Gasteiger partial charge >= 0.3 is 0 Å². The Bertz CT molecular complexity index is 807. The normalized spacial score (nSPS) is 15.2. The van der Waals surface area contributed by atoms with E-state index in [1.807, 2.05) is 50.2 Å². The zero-order chi connectivity index (χ0) is 19.9. The van der Waals surface area contributed by atoms with Crippen molar-refractivity contribution in [3.63, 3.8) is 0 Å². The van der Waals surface area contributed by atoms with E-state index in [0.717, 1.165) is 36.1 Å². The average Bonchev–Trinajstić information content (AvgIpc) is 2.67. The molecule has 0 spiro atoms. The number of hydrogen-bond donors (Lipinski definition) is 1. The maximum absolute atomic E-state index is 12.2. The smallest absolute Gasteiger partial charge is 0.248 e. The third-order valence-electron chi connectivity index (χ3n) is 4.78. The molecular weight excluding hydrogens is 350 g/mol. The van der Waals surface area contributed by atoms with Gasteiger partial charge in [0.2, 0.25) is 5.91 Å². The number of ether oxygens (including phenoxy) is 1. The topological polar surface area (TPSA) is 54.5 Å². The Hall–Kier alpha value is -2.82. The highest BCUT2D eigenvalue weighted by Crippen LogP contribution is 2.22. The third-order valence-corrected chi connectivity index (χ3v) is 4.78. The van der Waals surface area contributed by atoms with Gasteiger partial charge < -0.3 is 15.0 Å². The highest BCUT2D eigenvalue weighted by atomic mass is 16.5. The molecule has 5 heteroatoms. The number of piperidine rings is 1. The summed E-state index contributed by atoms with van der Waals surface area (Å²) >= 11 is 0. The molecule has 5 nitrogen and oxygen atoms in total. The zero-order valence-electron chi connectivity index (χ0n) is 16.9. The number of carbonyl (C=O) groups is 1. The molecule has 0 atom stereocenters. The summed E-state index contributed by atoms with van der Waals surface area (Å²) < 4.78 is 5.68. The number of nitrogens with one attached hydrogen (secondary N) is 1. The standard InChI is InChI=1S/C23H29N3O2/c1-17(2)28-21-6-4-5-19(15-21)7-10-23(27)25-20-8-9-22(24-16-20)26-13-11-18(3)12-14-26/h4-10,15-18H,11-14H2,1-3H3,(H,25,27)/b10-7+. The van der Waals surface area contributed by atoms with Gasteiger partial charge in [-0.25, -0.2) is 4.98 Å². The fourth-order valence-corrected chi connectivity index (χ4v) is 3.20. The van der Waals surface area contributed by atoms with Crippen LogP contribution in [0.25, 0.3) is 6.08 Å². The number of carbonyl (C=O) groups excluding carboxylic acids is 1. The van der Waals surface area contributed by atoms with Crippen molar-refractivity contribution in [1.29, 1.82) is 0 Å². The summed E-state index contributed by atoms with van der Waals surface area (Å²) in [7, 11) is 0. The zero-order valence-corrected chi connectivity index (χ0v) is 16.9. The molecule has 0 aliphatic carbocycles. The van der Waals surface area contributed by atoms with E-state index in [2.05, 4.69) is 22.1 Å². The molecule has 1 fully saturated rings. The van der Waals surface area contributed by atoms with Crippen LogP contribution in [-0.4, -0.2) is 30.1 Å². The Morgan fingerprint density at radius 2 is 2.04 bits per heavy atom. The lowest BCUT2D eigenvalue weighted by Crippen LogP contribution is -2.33. The van der Waals surface area contributed by atoms with Gasteiger partial charge in [-0.3, -0.25) is 4.79 Å². The lowest BCUT2D eigenvalue weighted by atomic mass is 9.99. The van der Waals surface area contributed by atoms with Crippen LogP contribution in [0.4, 0.5) is 11.5 Å². The minimum absolute atomic E-state index is 0.117. The maximum atomic E-state index is 12.2. The predicted octanol–water partition coefficient (Wildman–Crippen LogP) is 4.76. The van der Waals surface area contributed by atoms with Crippen molar-refractivity contribution in [2.45, 2.75) is 39.7 Å². The van der Waals surface area contributed by atoms with E-state index in [-0.39, 0.29) is 12.0 Å². The second-order valence-corrected chi connectivity index (χ2v) is 7.64. The minimum atomic E-state index is -0.184. The summed E-state index contributed by atoms with van der Waals surface area (Å²) in [6.45, 7) is 8.36. The Balaban J connectivity index is 1.55. The van der Waals surface area contributed by atoms with Gasteiger partial charge in [0.15, 0.2) is 0 Å². The quantitative estimate of drug-likeness (QED) is 0.736. The van der Waals surface area contributed by atoms with E-state index in [1.165, 1.54) is 18.9 Å². The van der Waals surface area contributed by atoms with Gasteiger partial charge in [0.05, 0.1) is 18.0 Å². The van der Waals surface area contributed by atoms with E-state index in [0.29, 0.717) is 5.69 Å². The molecule has 2 aromatic rings. The number of benzene rings is 1. The number of pyridine rings is 1. The SMILES string of the molecule is CC1CCN(c2ccc(NC(=O)/C=C/c3cccc(OC(C)C)c3)cn2)CC1. The molecule has 1 N–H and O–H groups in total. The highest BCUT2D eigenvalue weighted by Gasteiger charge is 2.16. The number of amides is 1. The summed E-state index contributed by atoms with van der Waals surface area (Å²) in [5.74, 6) is 2.38. The first-order valence-corrected chi connectivity index (χ1v) is 9.96. The van der Waals surface area contributed by atoms with E-state index >= 15 is 0 Å². The minimum Gasteiger partial charge on any atom is -0.491 e. The van der Waals surface area contributed by atoms with Crippen molar-refractivity contribution in [3.05, 3.63) is 54.2 Å². The lowest BCUT2D eigenvalue weighted by molar-refractivity contribution is -0.111. The van der Waals surface area contributed by atoms with Crippen molar-refractivity contribution in [3.8, 4) is 5.75 Å². The van der Waals surface area contributed by atoms with Gasteiger partial charge in [0, 0.05) is 19.2 Å². The second-order valence-electron chi connectivity index (χ2n) is 7.64.